The van der Waals surface area contributed by atoms with Crippen LogP contribution in [0, 0.1) is 0 Å². The molecule has 148 valence electrons. The number of carbonyl (C=O) groups excluding carboxylic acids is 1. The van der Waals surface area contributed by atoms with Gasteiger partial charge in [0.15, 0.2) is 0 Å². The summed E-state index contributed by atoms with van der Waals surface area (Å²) in [6, 6.07) is 9.79. The first kappa shape index (κ1) is 20.1. The molecule has 2 aromatic heterocycles. The predicted octanol–water partition coefficient (Wildman–Crippen LogP) is 1.67. The minimum absolute atomic E-state index is 0.158. The van der Waals surface area contributed by atoms with Crippen LogP contribution in [0.4, 0.5) is 0 Å². The Labute approximate surface area is 167 Å². The first-order valence-electron chi connectivity index (χ1n) is 8.35. The molecule has 0 bridgehead atoms. The van der Waals surface area contributed by atoms with Crippen LogP contribution in [0.25, 0.3) is 0 Å². The summed E-state index contributed by atoms with van der Waals surface area (Å²) in [7, 11) is -0.362. The molecule has 0 aliphatic carbocycles. The van der Waals surface area contributed by atoms with Gasteiger partial charge in [-0.05, 0) is 17.5 Å². The van der Waals surface area contributed by atoms with Crippen molar-refractivity contribution < 1.29 is 17.9 Å². The first-order valence-corrected chi connectivity index (χ1v) is 10.7. The number of carbonyl (C=O) groups is 1. The van der Waals surface area contributed by atoms with Crippen LogP contribution in [-0.4, -0.2) is 37.5 Å². The Bertz CT molecular complexity index is 1050. The molecular weight excluding hydrogens is 400 g/mol. The Morgan fingerprint density at radius 3 is 2.71 bits per heavy atom. The lowest BCUT2D eigenvalue weighted by atomic mass is 10.0. The highest BCUT2D eigenvalue weighted by molar-refractivity contribution is 7.91. The van der Waals surface area contributed by atoms with Gasteiger partial charge in [0.05, 0.1) is 13.7 Å². The molecule has 0 saturated carbocycles. The summed E-state index contributed by atoms with van der Waals surface area (Å²) in [4.78, 5) is 16.9. The van der Waals surface area contributed by atoms with E-state index in [-0.39, 0.29) is 4.21 Å². The molecule has 8 nitrogen and oxygen atoms in total. The third kappa shape index (κ3) is 4.41. The second-order valence-corrected chi connectivity index (χ2v) is 8.84. The highest BCUT2D eigenvalue weighted by Crippen LogP contribution is 2.28. The van der Waals surface area contributed by atoms with Gasteiger partial charge in [0.2, 0.25) is 5.91 Å². The Morgan fingerprint density at radius 1 is 1.29 bits per heavy atom. The van der Waals surface area contributed by atoms with E-state index in [9.17, 15) is 13.2 Å². The van der Waals surface area contributed by atoms with Crippen LogP contribution in [0.1, 0.15) is 17.4 Å². The third-order valence-corrected chi connectivity index (χ3v) is 6.85. The first-order chi connectivity index (χ1) is 13.4. The highest BCUT2D eigenvalue weighted by atomic mass is 32.2. The van der Waals surface area contributed by atoms with Crippen molar-refractivity contribution in [2.24, 2.45) is 7.05 Å². The number of thiophene rings is 1. The maximum atomic E-state index is 12.5. The summed E-state index contributed by atoms with van der Waals surface area (Å²) in [6.07, 6.45) is 3.40. The van der Waals surface area contributed by atoms with Crippen molar-refractivity contribution in [2.75, 3.05) is 13.7 Å². The predicted molar refractivity (Wildman–Crippen MR) is 106 cm³/mol. The fraction of sp³-hybridized carbons (Fsp3) is 0.222. The maximum absolute atomic E-state index is 12.5. The van der Waals surface area contributed by atoms with E-state index in [1.165, 1.54) is 6.07 Å². The molecule has 1 amide bonds. The third-order valence-electron chi connectivity index (χ3n) is 4.05. The average molecular weight is 421 g/mol. The van der Waals surface area contributed by atoms with E-state index in [0.717, 1.165) is 11.3 Å². The molecule has 0 aliphatic heterocycles. The Balaban J connectivity index is 1.80. The number of aryl methyl sites for hydroxylation is 1. The number of para-hydroxylation sites is 1. The van der Waals surface area contributed by atoms with Gasteiger partial charge in [0.1, 0.15) is 21.8 Å². The number of methoxy groups -OCH3 is 1. The van der Waals surface area contributed by atoms with Gasteiger partial charge >= 0.3 is 0 Å². The number of rotatable bonds is 8. The van der Waals surface area contributed by atoms with E-state index in [1.54, 1.807) is 41.6 Å². The Kier molecular flexibility index (Phi) is 6.12. The average Bonchev–Trinajstić information content (AvgIpc) is 3.37. The number of hydrogen-bond acceptors (Lipinski definition) is 6. The summed E-state index contributed by atoms with van der Waals surface area (Å²) in [5.74, 6) is 0.702. The quantitative estimate of drug-likeness (QED) is 0.577. The number of amides is 1. The van der Waals surface area contributed by atoms with E-state index in [0.29, 0.717) is 17.1 Å². The zero-order valence-corrected chi connectivity index (χ0v) is 17.0. The van der Waals surface area contributed by atoms with E-state index in [4.69, 9.17) is 4.74 Å². The zero-order valence-electron chi connectivity index (χ0n) is 15.3. The molecular formula is C18H20N4O4S2. The van der Waals surface area contributed by atoms with Crippen LogP contribution in [0.3, 0.4) is 0 Å². The number of nitrogens with one attached hydrogen (secondary N) is 2. The topological polar surface area (TPSA) is 102 Å². The van der Waals surface area contributed by atoms with Gasteiger partial charge in [-0.25, -0.2) is 18.1 Å². The van der Waals surface area contributed by atoms with Gasteiger partial charge < -0.3 is 14.6 Å². The molecule has 3 rings (SSSR count). The fourth-order valence-electron chi connectivity index (χ4n) is 2.70. The minimum atomic E-state index is -3.73. The van der Waals surface area contributed by atoms with Crippen LogP contribution in [0.15, 0.2) is 58.4 Å². The minimum Gasteiger partial charge on any atom is -0.496 e. The number of sulfonamides is 1. The SMILES string of the molecule is COc1ccccc1C(NC(=O)CNS(=O)(=O)c1cccs1)c1nccn1C. The molecule has 28 heavy (non-hydrogen) atoms. The lowest BCUT2D eigenvalue weighted by Gasteiger charge is -2.21. The van der Waals surface area contributed by atoms with E-state index >= 15 is 0 Å². The molecule has 1 aromatic carbocycles. The molecule has 0 spiro atoms. The van der Waals surface area contributed by atoms with Gasteiger partial charge in [0, 0.05) is 25.0 Å². The van der Waals surface area contributed by atoms with Crippen LogP contribution in [0.2, 0.25) is 0 Å². The van der Waals surface area contributed by atoms with Crippen molar-refractivity contribution in [1.29, 1.82) is 0 Å². The van der Waals surface area contributed by atoms with Crippen molar-refractivity contribution in [3.8, 4) is 5.75 Å². The number of aromatic nitrogens is 2. The van der Waals surface area contributed by atoms with Gasteiger partial charge in [-0.1, -0.05) is 24.3 Å². The molecule has 0 radical (unpaired) electrons. The standard InChI is InChI=1S/C18H20N4O4S2/c1-22-10-9-19-18(22)17(13-6-3-4-7-14(13)26-2)21-15(23)12-20-28(24,25)16-8-5-11-27-16/h3-11,17,20H,12H2,1-2H3,(H,21,23). The molecule has 1 unspecified atom stereocenters. The second kappa shape index (κ2) is 8.55. The van der Waals surface area contributed by atoms with Crippen LogP contribution in [0.5, 0.6) is 5.75 Å². The number of nitrogens with zero attached hydrogens (tertiary/aromatic N) is 2. The van der Waals surface area contributed by atoms with Crippen molar-refractivity contribution in [1.82, 2.24) is 19.6 Å². The highest BCUT2D eigenvalue weighted by Gasteiger charge is 2.24. The van der Waals surface area contributed by atoms with E-state index in [2.05, 4.69) is 15.0 Å². The van der Waals surface area contributed by atoms with Gasteiger partial charge in [-0.3, -0.25) is 4.79 Å². The van der Waals surface area contributed by atoms with Crippen LogP contribution >= 0.6 is 11.3 Å². The summed E-state index contributed by atoms with van der Waals surface area (Å²) in [5.41, 5.74) is 0.716. The number of imidazole rings is 1. The second-order valence-electron chi connectivity index (χ2n) is 5.90. The zero-order chi connectivity index (χ0) is 20.1. The van der Waals surface area contributed by atoms with Gasteiger partial charge in [-0.15, -0.1) is 11.3 Å². The lowest BCUT2D eigenvalue weighted by molar-refractivity contribution is -0.120. The van der Waals surface area contributed by atoms with Crippen LogP contribution in [-0.2, 0) is 21.9 Å². The molecule has 1 atom stereocenters. The molecule has 0 fully saturated rings. The van der Waals surface area contributed by atoms with Crippen molar-refractivity contribution in [2.45, 2.75) is 10.3 Å². The molecule has 10 heteroatoms. The van der Waals surface area contributed by atoms with Crippen molar-refractivity contribution >= 4 is 27.3 Å². The van der Waals surface area contributed by atoms with E-state index in [1.807, 2.05) is 25.2 Å². The monoisotopic (exact) mass is 420 g/mol. The molecule has 0 saturated heterocycles. The maximum Gasteiger partial charge on any atom is 0.250 e. The smallest absolute Gasteiger partial charge is 0.250 e. The molecule has 0 aliphatic rings. The van der Waals surface area contributed by atoms with E-state index < -0.39 is 28.5 Å². The molecule has 3 aromatic rings. The Hall–Kier alpha value is -2.69. The summed E-state index contributed by atoms with van der Waals surface area (Å²) >= 11 is 1.09. The number of hydrogen-bond donors (Lipinski definition) is 2. The molecule has 2 N–H and O–H groups in total. The lowest BCUT2D eigenvalue weighted by Crippen LogP contribution is -2.39. The summed E-state index contributed by atoms with van der Waals surface area (Å²) < 4.78 is 34.1. The number of ether oxygens (including phenoxy) is 1. The van der Waals surface area contributed by atoms with Crippen molar-refractivity contribution in [3.63, 3.8) is 0 Å². The largest absolute Gasteiger partial charge is 0.496 e. The molecule has 2 heterocycles. The van der Waals surface area contributed by atoms with Crippen LogP contribution < -0.4 is 14.8 Å². The van der Waals surface area contributed by atoms with Crippen molar-refractivity contribution in [3.05, 3.63) is 65.6 Å². The number of benzene rings is 1. The Morgan fingerprint density at radius 2 is 2.07 bits per heavy atom. The van der Waals surface area contributed by atoms with Gasteiger partial charge in [-0.2, -0.15) is 0 Å². The van der Waals surface area contributed by atoms with Gasteiger partial charge in [0.25, 0.3) is 10.0 Å². The normalized spacial score (nSPS) is 12.5. The fourth-order valence-corrected chi connectivity index (χ4v) is 4.72. The summed E-state index contributed by atoms with van der Waals surface area (Å²) in [5, 5.41) is 4.50. The summed E-state index contributed by atoms with van der Waals surface area (Å²) in [6.45, 7) is -0.393.